The number of methoxy groups -OCH3 is 2. The molecule has 0 spiro atoms. The molecule has 0 fully saturated rings. The highest BCUT2D eigenvalue weighted by molar-refractivity contribution is 6.04. The Kier molecular flexibility index (Phi) is 9.24. The fourth-order valence-corrected chi connectivity index (χ4v) is 3.62. The van der Waals surface area contributed by atoms with Crippen LogP contribution in [0.4, 0.5) is 0 Å². The van der Waals surface area contributed by atoms with Crippen LogP contribution in [0.1, 0.15) is 31.8 Å². The van der Waals surface area contributed by atoms with Gasteiger partial charge in [-0.1, -0.05) is 60.7 Å². The van der Waals surface area contributed by atoms with Gasteiger partial charge in [-0.2, -0.15) is 0 Å². The van der Waals surface area contributed by atoms with E-state index in [0.717, 1.165) is 0 Å². The lowest BCUT2D eigenvalue weighted by atomic mass is 10.1. The molecule has 4 aromatic rings. The van der Waals surface area contributed by atoms with Gasteiger partial charge in [0.1, 0.15) is 0 Å². The highest BCUT2D eigenvalue weighted by atomic mass is 16.6. The van der Waals surface area contributed by atoms with E-state index in [2.05, 4.69) is 0 Å². The van der Waals surface area contributed by atoms with Gasteiger partial charge < -0.3 is 18.9 Å². The molecule has 0 unspecified atom stereocenters. The lowest BCUT2D eigenvalue weighted by Gasteiger charge is -2.10. The Morgan fingerprint density at radius 2 is 0.925 bits per heavy atom. The molecule has 0 saturated heterocycles. The Bertz CT molecular complexity index is 1440. The topological polar surface area (TPSA) is 88.1 Å². The van der Waals surface area contributed by atoms with Crippen LogP contribution in [0.2, 0.25) is 0 Å². The zero-order valence-electron chi connectivity index (χ0n) is 21.9. The maximum atomic E-state index is 12.5. The van der Waals surface area contributed by atoms with Crippen molar-refractivity contribution in [2.24, 2.45) is 0 Å². The first kappa shape index (κ1) is 27.6. The molecule has 0 atom stereocenters. The number of hydrogen-bond acceptors (Lipinski definition) is 7. The summed E-state index contributed by atoms with van der Waals surface area (Å²) in [6.45, 7) is 0. The third-order valence-electron chi connectivity index (χ3n) is 5.68. The van der Waals surface area contributed by atoms with Crippen molar-refractivity contribution in [1.82, 2.24) is 0 Å². The van der Waals surface area contributed by atoms with E-state index < -0.39 is 11.9 Å². The predicted molar refractivity (Wildman–Crippen MR) is 152 cm³/mol. The van der Waals surface area contributed by atoms with E-state index in [0.29, 0.717) is 33.8 Å². The molecule has 0 saturated carbocycles. The van der Waals surface area contributed by atoms with E-state index in [4.69, 9.17) is 18.9 Å². The molecular weight excluding hydrogens is 508 g/mol. The van der Waals surface area contributed by atoms with Crippen LogP contribution in [0.15, 0.2) is 109 Å². The molecule has 0 bridgehead atoms. The van der Waals surface area contributed by atoms with Gasteiger partial charge in [-0.3, -0.25) is 4.79 Å². The first-order valence-corrected chi connectivity index (χ1v) is 12.3. The average molecular weight is 535 g/mol. The molecule has 0 radical (unpaired) electrons. The number of hydrogen-bond donors (Lipinski definition) is 0. The second-order valence-corrected chi connectivity index (χ2v) is 8.40. The molecule has 0 aromatic heterocycles. The Hall–Kier alpha value is -5.43. The van der Waals surface area contributed by atoms with Crippen molar-refractivity contribution in [1.29, 1.82) is 0 Å². The second kappa shape index (κ2) is 13.4. The number of carbonyl (C=O) groups is 3. The molecular formula is C33H26O7. The maximum Gasteiger partial charge on any atom is 0.343 e. The zero-order valence-corrected chi connectivity index (χ0v) is 21.9. The van der Waals surface area contributed by atoms with Crippen molar-refractivity contribution in [3.05, 3.63) is 131 Å². The third-order valence-corrected chi connectivity index (χ3v) is 5.68. The number of esters is 2. The number of ketones is 1. The fraction of sp³-hybridized carbons (Fsp3) is 0.0606. The molecule has 40 heavy (non-hydrogen) atoms. The number of rotatable bonds is 10. The van der Waals surface area contributed by atoms with E-state index in [1.54, 1.807) is 97.1 Å². The SMILES string of the molecule is COc1cc(/C=C/C(=O)/C=C/c2ccc(OC(=O)c3ccccc3)c(OC)c2)ccc1OC(=O)c1ccccc1. The average Bonchev–Trinajstić information content (AvgIpc) is 3.00. The zero-order chi connectivity index (χ0) is 28.3. The quantitative estimate of drug-likeness (QED) is 0.131. The van der Waals surface area contributed by atoms with Crippen molar-refractivity contribution < 1.29 is 33.3 Å². The monoisotopic (exact) mass is 534 g/mol. The van der Waals surface area contributed by atoms with E-state index in [-0.39, 0.29) is 17.3 Å². The third kappa shape index (κ3) is 7.33. The Morgan fingerprint density at radius 1 is 0.525 bits per heavy atom. The summed E-state index contributed by atoms with van der Waals surface area (Å²) in [5.41, 5.74) is 2.21. The minimum atomic E-state index is -0.499. The predicted octanol–water partition coefficient (Wildman–Crippen LogP) is 6.44. The molecule has 7 nitrogen and oxygen atoms in total. The maximum absolute atomic E-state index is 12.5. The number of ether oxygens (including phenoxy) is 4. The summed E-state index contributed by atoms with van der Waals surface area (Å²) >= 11 is 0. The lowest BCUT2D eigenvalue weighted by molar-refractivity contribution is -0.110. The minimum absolute atomic E-state index is 0.253. The van der Waals surface area contributed by atoms with Crippen LogP contribution in [-0.2, 0) is 4.79 Å². The second-order valence-electron chi connectivity index (χ2n) is 8.40. The number of allylic oxidation sites excluding steroid dienone is 2. The molecule has 0 N–H and O–H groups in total. The highest BCUT2D eigenvalue weighted by Crippen LogP contribution is 2.30. The summed E-state index contributed by atoms with van der Waals surface area (Å²) in [6, 6.07) is 27.3. The molecule has 0 aliphatic rings. The van der Waals surface area contributed by atoms with Crippen molar-refractivity contribution in [2.75, 3.05) is 14.2 Å². The molecule has 0 aliphatic heterocycles. The largest absolute Gasteiger partial charge is 0.493 e. The molecule has 200 valence electrons. The van der Waals surface area contributed by atoms with Gasteiger partial charge in [0.2, 0.25) is 0 Å². The summed E-state index contributed by atoms with van der Waals surface area (Å²) < 4.78 is 21.6. The van der Waals surface area contributed by atoms with Gasteiger partial charge >= 0.3 is 11.9 Å². The molecule has 0 amide bonds. The summed E-state index contributed by atoms with van der Waals surface area (Å²) in [4.78, 5) is 37.2. The Labute approximate surface area is 231 Å². The van der Waals surface area contributed by atoms with Crippen LogP contribution in [-0.4, -0.2) is 31.9 Å². The van der Waals surface area contributed by atoms with E-state index in [9.17, 15) is 14.4 Å². The van der Waals surface area contributed by atoms with Crippen LogP contribution in [0.3, 0.4) is 0 Å². The summed E-state index contributed by atoms with van der Waals surface area (Å²) in [7, 11) is 2.94. The first-order chi connectivity index (χ1) is 19.5. The van der Waals surface area contributed by atoms with Gasteiger partial charge in [-0.05, 0) is 71.8 Å². The Balaban J connectivity index is 1.39. The van der Waals surface area contributed by atoms with Crippen LogP contribution < -0.4 is 18.9 Å². The van der Waals surface area contributed by atoms with Gasteiger partial charge in [-0.25, -0.2) is 9.59 Å². The van der Waals surface area contributed by atoms with Crippen LogP contribution in [0.5, 0.6) is 23.0 Å². The summed E-state index contributed by atoms with van der Waals surface area (Å²) in [5, 5.41) is 0. The van der Waals surface area contributed by atoms with Crippen LogP contribution in [0.25, 0.3) is 12.2 Å². The van der Waals surface area contributed by atoms with Gasteiger partial charge in [0.05, 0.1) is 25.3 Å². The van der Waals surface area contributed by atoms with Gasteiger partial charge in [0, 0.05) is 0 Å². The molecule has 7 heteroatoms. The molecule has 0 aliphatic carbocycles. The Morgan fingerprint density at radius 3 is 1.30 bits per heavy atom. The first-order valence-electron chi connectivity index (χ1n) is 12.3. The van der Waals surface area contributed by atoms with E-state index >= 15 is 0 Å². The highest BCUT2D eigenvalue weighted by Gasteiger charge is 2.13. The van der Waals surface area contributed by atoms with Gasteiger partial charge in [-0.15, -0.1) is 0 Å². The fourth-order valence-electron chi connectivity index (χ4n) is 3.62. The van der Waals surface area contributed by atoms with E-state index in [1.165, 1.54) is 26.4 Å². The lowest BCUT2D eigenvalue weighted by Crippen LogP contribution is -2.09. The number of benzene rings is 4. The van der Waals surface area contributed by atoms with Crippen molar-refractivity contribution in [3.8, 4) is 23.0 Å². The summed E-state index contributed by atoms with van der Waals surface area (Å²) in [6.07, 6.45) is 6.08. The smallest absolute Gasteiger partial charge is 0.343 e. The van der Waals surface area contributed by atoms with E-state index in [1.807, 2.05) is 12.1 Å². The van der Waals surface area contributed by atoms with Crippen LogP contribution >= 0.6 is 0 Å². The van der Waals surface area contributed by atoms with Gasteiger partial charge in [0.25, 0.3) is 0 Å². The molecule has 4 rings (SSSR count). The normalized spacial score (nSPS) is 10.8. The van der Waals surface area contributed by atoms with Crippen molar-refractivity contribution in [3.63, 3.8) is 0 Å². The standard InChI is InChI=1S/C33H26O7/c1-37-30-21-23(15-19-28(30)39-32(35)25-9-5-3-6-10-25)13-17-27(34)18-14-24-16-20-29(31(22-24)38-2)40-33(36)26-11-7-4-8-12-26/h3-22H,1-2H3/b17-13+,18-14+. The number of carbonyl (C=O) groups excluding carboxylic acids is 3. The molecule has 4 aromatic carbocycles. The van der Waals surface area contributed by atoms with Crippen molar-refractivity contribution >= 4 is 29.9 Å². The van der Waals surface area contributed by atoms with Gasteiger partial charge in [0.15, 0.2) is 28.8 Å². The van der Waals surface area contributed by atoms with Crippen molar-refractivity contribution in [2.45, 2.75) is 0 Å². The molecule has 0 heterocycles. The minimum Gasteiger partial charge on any atom is -0.493 e. The summed E-state index contributed by atoms with van der Waals surface area (Å²) in [5.74, 6) is 0.00225. The van der Waals surface area contributed by atoms with Crippen LogP contribution in [0, 0.1) is 0 Å².